The molecule has 86 valence electrons. The SMILES string of the molecule is COc1ccc2cc(CC(N)C#N)ccc2c1. The van der Waals surface area contributed by atoms with E-state index in [0.29, 0.717) is 6.42 Å². The molecule has 17 heavy (non-hydrogen) atoms. The van der Waals surface area contributed by atoms with Crippen molar-refractivity contribution < 1.29 is 4.74 Å². The zero-order chi connectivity index (χ0) is 12.3. The zero-order valence-corrected chi connectivity index (χ0v) is 9.68. The van der Waals surface area contributed by atoms with Crippen molar-refractivity contribution in [3.63, 3.8) is 0 Å². The molecule has 0 fully saturated rings. The van der Waals surface area contributed by atoms with Crippen LogP contribution in [0.1, 0.15) is 5.56 Å². The van der Waals surface area contributed by atoms with Crippen molar-refractivity contribution >= 4 is 10.8 Å². The van der Waals surface area contributed by atoms with Crippen molar-refractivity contribution in [3.05, 3.63) is 42.0 Å². The highest BCUT2D eigenvalue weighted by Gasteiger charge is 2.03. The van der Waals surface area contributed by atoms with Gasteiger partial charge in [-0.3, -0.25) is 0 Å². The number of nitrogens with zero attached hydrogens (tertiary/aromatic N) is 1. The predicted octanol–water partition coefficient (Wildman–Crippen LogP) is 2.24. The van der Waals surface area contributed by atoms with Crippen molar-refractivity contribution in [2.45, 2.75) is 12.5 Å². The topological polar surface area (TPSA) is 59.0 Å². The first-order valence-electron chi connectivity index (χ1n) is 5.45. The standard InChI is InChI=1S/C14H14N2O/c1-17-14-5-4-11-6-10(7-13(16)9-15)2-3-12(11)8-14/h2-6,8,13H,7,16H2,1H3. The van der Waals surface area contributed by atoms with E-state index in [2.05, 4.69) is 6.07 Å². The maximum Gasteiger partial charge on any atom is 0.119 e. The van der Waals surface area contributed by atoms with E-state index < -0.39 is 6.04 Å². The van der Waals surface area contributed by atoms with Crippen LogP contribution in [0.2, 0.25) is 0 Å². The minimum atomic E-state index is -0.439. The second kappa shape index (κ2) is 4.86. The Kier molecular flexibility index (Phi) is 3.27. The fourth-order valence-electron chi connectivity index (χ4n) is 1.83. The van der Waals surface area contributed by atoms with Gasteiger partial charge in [0, 0.05) is 6.42 Å². The molecule has 0 aliphatic carbocycles. The van der Waals surface area contributed by atoms with E-state index >= 15 is 0 Å². The molecule has 1 atom stereocenters. The molecule has 0 saturated heterocycles. The second-order valence-electron chi connectivity index (χ2n) is 3.99. The van der Waals surface area contributed by atoms with E-state index in [1.165, 1.54) is 0 Å². The Bertz CT molecular complexity index is 572. The minimum Gasteiger partial charge on any atom is -0.497 e. The summed E-state index contributed by atoms with van der Waals surface area (Å²) in [4.78, 5) is 0. The first-order valence-corrected chi connectivity index (χ1v) is 5.45. The Morgan fingerprint density at radius 3 is 2.65 bits per heavy atom. The largest absolute Gasteiger partial charge is 0.497 e. The number of ether oxygens (including phenoxy) is 1. The predicted molar refractivity (Wildman–Crippen MR) is 67.8 cm³/mol. The lowest BCUT2D eigenvalue weighted by atomic mass is 10.0. The van der Waals surface area contributed by atoms with Gasteiger partial charge in [0.25, 0.3) is 0 Å². The number of benzene rings is 2. The highest BCUT2D eigenvalue weighted by Crippen LogP contribution is 2.22. The van der Waals surface area contributed by atoms with E-state index in [1.54, 1.807) is 7.11 Å². The third-order valence-corrected chi connectivity index (χ3v) is 2.73. The third kappa shape index (κ3) is 2.55. The molecule has 0 saturated carbocycles. The van der Waals surface area contributed by atoms with Crippen LogP contribution in [0.25, 0.3) is 10.8 Å². The van der Waals surface area contributed by atoms with Gasteiger partial charge in [0.15, 0.2) is 0 Å². The molecule has 0 aliphatic heterocycles. The summed E-state index contributed by atoms with van der Waals surface area (Å²) in [6.07, 6.45) is 0.582. The average molecular weight is 226 g/mol. The van der Waals surface area contributed by atoms with E-state index in [4.69, 9.17) is 15.7 Å². The first kappa shape index (κ1) is 11.4. The number of nitrogens with two attached hydrogens (primary N) is 1. The van der Waals surface area contributed by atoms with Gasteiger partial charge < -0.3 is 10.5 Å². The summed E-state index contributed by atoms with van der Waals surface area (Å²) < 4.78 is 5.17. The smallest absolute Gasteiger partial charge is 0.119 e. The van der Waals surface area contributed by atoms with E-state index in [-0.39, 0.29) is 0 Å². The van der Waals surface area contributed by atoms with Crippen LogP contribution in [0.3, 0.4) is 0 Å². The van der Waals surface area contributed by atoms with Crippen molar-refractivity contribution in [2.24, 2.45) is 5.73 Å². The maximum atomic E-state index is 8.69. The molecule has 0 spiro atoms. The number of rotatable bonds is 3. The molecule has 3 nitrogen and oxygen atoms in total. The molecule has 3 heteroatoms. The van der Waals surface area contributed by atoms with Gasteiger partial charge in [-0.2, -0.15) is 5.26 Å². The molecule has 0 amide bonds. The highest BCUT2D eigenvalue weighted by atomic mass is 16.5. The lowest BCUT2D eigenvalue weighted by Crippen LogP contribution is -2.19. The van der Waals surface area contributed by atoms with Gasteiger partial charge in [-0.05, 0) is 28.5 Å². The molecule has 2 aromatic rings. The van der Waals surface area contributed by atoms with Crippen LogP contribution < -0.4 is 10.5 Å². The van der Waals surface area contributed by atoms with Crippen molar-refractivity contribution in [1.29, 1.82) is 5.26 Å². The highest BCUT2D eigenvalue weighted by molar-refractivity contribution is 5.84. The van der Waals surface area contributed by atoms with Gasteiger partial charge in [0.05, 0.1) is 19.2 Å². The Labute approximate surface area is 100 Å². The van der Waals surface area contributed by atoms with Crippen molar-refractivity contribution in [1.82, 2.24) is 0 Å². The summed E-state index contributed by atoms with van der Waals surface area (Å²) in [5.41, 5.74) is 6.69. The molecule has 2 rings (SSSR count). The summed E-state index contributed by atoms with van der Waals surface area (Å²) in [7, 11) is 1.65. The first-order chi connectivity index (χ1) is 8.22. The van der Waals surface area contributed by atoms with Crippen LogP contribution >= 0.6 is 0 Å². The molecule has 1 unspecified atom stereocenters. The fraction of sp³-hybridized carbons (Fsp3) is 0.214. The Morgan fingerprint density at radius 2 is 1.94 bits per heavy atom. The van der Waals surface area contributed by atoms with Gasteiger partial charge in [0.1, 0.15) is 5.75 Å². The van der Waals surface area contributed by atoms with Gasteiger partial charge in [-0.25, -0.2) is 0 Å². The lowest BCUT2D eigenvalue weighted by Gasteiger charge is -2.06. The van der Waals surface area contributed by atoms with Crippen LogP contribution in [0, 0.1) is 11.3 Å². The second-order valence-corrected chi connectivity index (χ2v) is 3.99. The molecule has 0 aromatic heterocycles. The van der Waals surface area contributed by atoms with Gasteiger partial charge in [-0.1, -0.05) is 24.3 Å². The zero-order valence-electron chi connectivity index (χ0n) is 9.68. The normalized spacial score (nSPS) is 12.1. The summed E-state index contributed by atoms with van der Waals surface area (Å²) in [6.45, 7) is 0. The Balaban J connectivity index is 2.35. The molecular weight excluding hydrogens is 212 g/mol. The van der Waals surface area contributed by atoms with E-state index in [1.807, 2.05) is 36.4 Å². The molecule has 2 N–H and O–H groups in total. The van der Waals surface area contributed by atoms with E-state index in [0.717, 1.165) is 22.1 Å². The summed E-state index contributed by atoms with van der Waals surface area (Å²) in [5.74, 6) is 0.846. The molecule has 0 aliphatic rings. The van der Waals surface area contributed by atoms with Gasteiger partial charge in [0.2, 0.25) is 0 Å². The van der Waals surface area contributed by atoms with Crippen molar-refractivity contribution in [2.75, 3.05) is 7.11 Å². The summed E-state index contributed by atoms with van der Waals surface area (Å²) in [6, 6.07) is 13.6. The summed E-state index contributed by atoms with van der Waals surface area (Å²) in [5, 5.41) is 10.9. The number of nitriles is 1. The molecular formula is C14H14N2O. The minimum absolute atomic E-state index is 0.439. The third-order valence-electron chi connectivity index (χ3n) is 2.73. The molecule has 0 radical (unpaired) electrons. The number of fused-ring (bicyclic) bond motifs is 1. The number of hydrogen-bond donors (Lipinski definition) is 1. The molecule has 0 heterocycles. The van der Waals surface area contributed by atoms with Crippen LogP contribution in [-0.2, 0) is 6.42 Å². The Morgan fingerprint density at radius 1 is 1.24 bits per heavy atom. The van der Waals surface area contributed by atoms with Crippen LogP contribution in [-0.4, -0.2) is 13.2 Å². The maximum absolute atomic E-state index is 8.69. The molecule has 0 bridgehead atoms. The fourth-order valence-corrected chi connectivity index (χ4v) is 1.83. The number of methoxy groups -OCH3 is 1. The van der Waals surface area contributed by atoms with Crippen LogP contribution in [0.15, 0.2) is 36.4 Å². The Hall–Kier alpha value is -2.05. The van der Waals surface area contributed by atoms with E-state index in [9.17, 15) is 0 Å². The van der Waals surface area contributed by atoms with Crippen LogP contribution in [0.4, 0.5) is 0 Å². The molecule has 2 aromatic carbocycles. The van der Waals surface area contributed by atoms with Crippen molar-refractivity contribution in [3.8, 4) is 11.8 Å². The summed E-state index contributed by atoms with van der Waals surface area (Å²) >= 11 is 0. The van der Waals surface area contributed by atoms with Crippen LogP contribution in [0.5, 0.6) is 5.75 Å². The quantitative estimate of drug-likeness (QED) is 0.873. The van der Waals surface area contributed by atoms with Gasteiger partial charge >= 0.3 is 0 Å². The average Bonchev–Trinajstić information content (AvgIpc) is 2.38. The van der Waals surface area contributed by atoms with Gasteiger partial charge in [-0.15, -0.1) is 0 Å². The monoisotopic (exact) mass is 226 g/mol. The lowest BCUT2D eigenvalue weighted by molar-refractivity contribution is 0.415. The number of hydrogen-bond acceptors (Lipinski definition) is 3.